The maximum absolute atomic E-state index is 13.4. The van der Waals surface area contributed by atoms with Gasteiger partial charge in [0.05, 0.1) is 25.5 Å². The van der Waals surface area contributed by atoms with Gasteiger partial charge in [0.1, 0.15) is 30.7 Å². The molecule has 0 bridgehead atoms. The van der Waals surface area contributed by atoms with E-state index in [9.17, 15) is 39.0 Å². The molecule has 4 unspecified atom stereocenters. The van der Waals surface area contributed by atoms with Crippen LogP contribution in [0.3, 0.4) is 0 Å². The third-order valence-corrected chi connectivity index (χ3v) is 7.17. The van der Waals surface area contributed by atoms with E-state index in [1.54, 1.807) is 0 Å². The van der Waals surface area contributed by atoms with Crippen molar-refractivity contribution in [2.24, 2.45) is 0 Å². The average Bonchev–Trinajstić information content (AvgIpc) is 3.59. The fraction of sp³-hybridized carbons (Fsp3) is 0.630. The summed E-state index contributed by atoms with van der Waals surface area (Å²) in [5.74, 6) is -3.11. The highest BCUT2D eigenvalue weighted by atomic mass is 16.7. The van der Waals surface area contributed by atoms with Crippen LogP contribution in [0.25, 0.3) is 0 Å². The van der Waals surface area contributed by atoms with Crippen LogP contribution < -0.4 is 11.2 Å². The maximum atomic E-state index is 13.4. The van der Waals surface area contributed by atoms with Crippen LogP contribution in [0.4, 0.5) is 0 Å². The Morgan fingerprint density at radius 1 is 0.913 bits per heavy atom. The van der Waals surface area contributed by atoms with Gasteiger partial charge in [-0.25, -0.2) is 9.48 Å². The topological polar surface area (TPSA) is 239 Å². The van der Waals surface area contributed by atoms with Crippen molar-refractivity contribution >= 4 is 23.9 Å². The number of nitrogens with zero attached hydrogens (tertiary/aromatic N) is 5. The molecular formula is C27H35N5O14. The number of aromatic nitrogens is 5. The van der Waals surface area contributed by atoms with Gasteiger partial charge < -0.3 is 38.6 Å². The van der Waals surface area contributed by atoms with Crippen LogP contribution in [0.1, 0.15) is 57.8 Å². The van der Waals surface area contributed by atoms with Gasteiger partial charge in [-0.2, -0.15) is 0 Å². The molecule has 0 saturated carbocycles. The van der Waals surface area contributed by atoms with Crippen molar-refractivity contribution in [1.29, 1.82) is 0 Å². The van der Waals surface area contributed by atoms with Gasteiger partial charge in [0.15, 0.2) is 24.5 Å². The smallest absolute Gasteiger partial charge is 0.333 e. The SMILES string of the molecule is CC(=O)OCC1O[C@H](n2cc(Cn3c(=O)c(C)cn([C@H]4CC(O)[C@@H](CO)O4)c3=O)nn2)C(OC(C)=O)C(OC(C)=O)[C@H]1OC(C)=O. The lowest BCUT2D eigenvalue weighted by Crippen LogP contribution is -2.60. The first-order valence-electron chi connectivity index (χ1n) is 14.2. The molecule has 2 saturated heterocycles. The molecule has 2 fully saturated rings. The van der Waals surface area contributed by atoms with Gasteiger partial charge in [0.2, 0.25) is 0 Å². The summed E-state index contributed by atoms with van der Waals surface area (Å²) in [6.07, 6.45) is -7.20. The zero-order chi connectivity index (χ0) is 33.9. The summed E-state index contributed by atoms with van der Waals surface area (Å²) in [5, 5.41) is 27.6. The standard InChI is InChI=1S/C27H35N5O14/c1-12-7-30(21-6-18(38)19(10-33)45-21)27(40)31(25(12)39)8-17-9-32(29-28-17)26-24(44-16(5)37)23(43-15(4)36)22(42-14(3)35)20(46-26)11-41-13(2)34/h7,9,18-24,26,33,38H,6,8,10-11H2,1-5H3/t18?,19-,20?,21-,22+,23?,24?,26+/m1/s1. The van der Waals surface area contributed by atoms with Crippen LogP contribution in [0, 0.1) is 6.92 Å². The van der Waals surface area contributed by atoms with E-state index in [0.29, 0.717) is 0 Å². The molecule has 0 aliphatic carbocycles. The fourth-order valence-corrected chi connectivity index (χ4v) is 5.24. The molecule has 19 heteroatoms. The Balaban J connectivity index is 1.70. The van der Waals surface area contributed by atoms with Gasteiger partial charge in [-0.1, -0.05) is 5.21 Å². The number of hydrogen-bond donors (Lipinski definition) is 2. The van der Waals surface area contributed by atoms with E-state index >= 15 is 0 Å². The number of rotatable bonds is 10. The third kappa shape index (κ3) is 7.66. The lowest BCUT2D eigenvalue weighted by Gasteiger charge is -2.44. The molecule has 0 aromatic carbocycles. The van der Waals surface area contributed by atoms with Gasteiger partial charge in [0, 0.05) is 45.9 Å². The van der Waals surface area contributed by atoms with Crippen molar-refractivity contribution in [3.05, 3.63) is 44.5 Å². The first kappa shape index (κ1) is 34.4. The second kappa shape index (κ2) is 14.3. The Bertz CT molecular complexity index is 1580. The molecule has 252 valence electrons. The Morgan fingerprint density at radius 3 is 2.13 bits per heavy atom. The number of ether oxygens (including phenoxy) is 6. The number of hydrogen-bond acceptors (Lipinski definition) is 16. The van der Waals surface area contributed by atoms with Crippen LogP contribution in [-0.2, 0) is 54.1 Å². The second-order valence-corrected chi connectivity index (χ2v) is 10.8. The monoisotopic (exact) mass is 653 g/mol. The highest BCUT2D eigenvalue weighted by Crippen LogP contribution is 2.34. The van der Waals surface area contributed by atoms with Crippen LogP contribution >= 0.6 is 0 Å². The van der Waals surface area contributed by atoms with Crippen LogP contribution in [-0.4, -0.2) is 108 Å². The summed E-state index contributed by atoms with van der Waals surface area (Å²) in [6.45, 7) is 4.59. The van der Waals surface area contributed by atoms with Crippen molar-refractivity contribution < 1.29 is 57.8 Å². The Labute approximate surface area is 260 Å². The third-order valence-electron chi connectivity index (χ3n) is 7.17. The number of aliphatic hydroxyl groups is 2. The quantitative estimate of drug-likeness (QED) is 0.205. The molecule has 2 aliphatic heterocycles. The Kier molecular flexibility index (Phi) is 10.7. The molecule has 0 radical (unpaired) electrons. The molecule has 2 N–H and O–H groups in total. The Hall–Kier alpha value is -4.46. The van der Waals surface area contributed by atoms with Gasteiger partial charge in [-0.05, 0) is 6.92 Å². The maximum Gasteiger partial charge on any atom is 0.333 e. The van der Waals surface area contributed by atoms with Gasteiger partial charge in [-0.15, -0.1) is 5.10 Å². The minimum atomic E-state index is -1.46. The predicted octanol–water partition coefficient (Wildman–Crippen LogP) is -2.15. The molecule has 4 heterocycles. The largest absolute Gasteiger partial charge is 0.463 e. The van der Waals surface area contributed by atoms with E-state index in [1.165, 1.54) is 19.3 Å². The molecular weight excluding hydrogens is 618 g/mol. The molecule has 46 heavy (non-hydrogen) atoms. The van der Waals surface area contributed by atoms with Crippen molar-refractivity contribution in [3.8, 4) is 0 Å². The van der Waals surface area contributed by atoms with Crippen LogP contribution in [0.2, 0.25) is 0 Å². The molecule has 8 atom stereocenters. The van der Waals surface area contributed by atoms with E-state index < -0.39 is 97.4 Å². The molecule has 2 aromatic rings. The van der Waals surface area contributed by atoms with E-state index in [2.05, 4.69) is 10.3 Å². The number of aryl methyl sites for hydroxylation is 1. The summed E-state index contributed by atoms with van der Waals surface area (Å²) in [6, 6.07) is 0. The lowest BCUT2D eigenvalue weighted by molar-refractivity contribution is -0.270. The minimum Gasteiger partial charge on any atom is -0.463 e. The molecule has 0 spiro atoms. The van der Waals surface area contributed by atoms with Crippen LogP contribution in [0.5, 0.6) is 0 Å². The summed E-state index contributed by atoms with van der Waals surface area (Å²) in [5.41, 5.74) is -1.17. The molecule has 2 aromatic heterocycles. The van der Waals surface area contributed by atoms with Gasteiger partial charge in [-0.3, -0.25) is 33.1 Å². The van der Waals surface area contributed by atoms with Gasteiger partial charge >= 0.3 is 29.6 Å². The summed E-state index contributed by atoms with van der Waals surface area (Å²) < 4.78 is 36.1. The Morgan fingerprint density at radius 2 is 1.54 bits per heavy atom. The zero-order valence-electron chi connectivity index (χ0n) is 25.6. The summed E-state index contributed by atoms with van der Waals surface area (Å²) >= 11 is 0. The molecule has 2 aliphatic rings. The van der Waals surface area contributed by atoms with Gasteiger partial charge in [0.25, 0.3) is 5.56 Å². The normalized spacial score (nSPS) is 27.5. The minimum absolute atomic E-state index is 0.00185. The van der Waals surface area contributed by atoms with E-state index in [-0.39, 0.29) is 24.2 Å². The number of carbonyl (C=O) groups excluding carboxylic acids is 4. The number of aliphatic hydroxyl groups excluding tert-OH is 2. The second-order valence-electron chi connectivity index (χ2n) is 10.8. The molecule has 0 amide bonds. The molecule has 19 nitrogen and oxygen atoms in total. The highest BCUT2D eigenvalue weighted by molar-refractivity contribution is 5.68. The zero-order valence-corrected chi connectivity index (χ0v) is 25.6. The van der Waals surface area contributed by atoms with E-state index in [1.807, 2.05) is 0 Å². The summed E-state index contributed by atoms with van der Waals surface area (Å²) in [4.78, 5) is 74.2. The van der Waals surface area contributed by atoms with Crippen molar-refractivity contribution in [2.45, 2.75) is 96.7 Å². The fourth-order valence-electron chi connectivity index (χ4n) is 5.24. The highest BCUT2D eigenvalue weighted by Gasteiger charge is 2.53. The number of esters is 4. The summed E-state index contributed by atoms with van der Waals surface area (Å²) in [7, 11) is 0. The first-order chi connectivity index (χ1) is 21.7. The van der Waals surface area contributed by atoms with E-state index in [4.69, 9.17) is 28.4 Å². The number of carbonyl (C=O) groups is 4. The molecule has 4 rings (SSSR count). The lowest BCUT2D eigenvalue weighted by atomic mass is 9.97. The first-order valence-corrected chi connectivity index (χ1v) is 14.2. The predicted molar refractivity (Wildman–Crippen MR) is 148 cm³/mol. The van der Waals surface area contributed by atoms with Crippen molar-refractivity contribution in [2.75, 3.05) is 13.2 Å². The van der Waals surface area contributed by atoms with Crippen molar-refractivity contribution in [1.82, 2.24) is 24.1 Å². The van der Waals surface area contributed by atoms with E-state index in [0.717, 1.165) is 41.5 Å². The average molecular weight is 654 g/mol. The van der Waals surface area contributed by atoms with Crippen molar-refractivity contribution in [3.63, 3.8) is 0 Å². The van der Waals surface area contributed by atoms with Crippen LogP contribution in [0.15, 0.2) is 22.0 Å².